The monoisotopic (exact) mass is 887 g/mol. The van der Waals surface area contributed by atoms with Crippen molar-refractivity contribution in [3.8, 4) is 0 Å². The Kier molecular flexibility index (Phi) is 13.5. The van der Waals surface area contributed by atoms with Crippen molar-refractivity contribution in [3.05, 3.63) is 12.7 Å². The molecule has 0 bridgehead atoms. The molecule has 3 aliphatic heterocycles. The van der Waals surface area contributed by atoms with Gasteiger partial charge in [0.25, 0.3) is 5.85 Å². The number of fused-ring (bicyclic) bond motifs is 2. The average Bonchev–Trinajstić information content (AvgIpc) is 3.74. The lowest BCUT2D eigenvalue weighted by molar-refractivity contribution is -0.301. The van der Waals surface area contributed by atoms with Crippen LogP contribution in [0.4, 0.5) is 10.2 Å². The van der Waals surface area contributed by atoms with Crippen LogP contribution in [0.2, 0.25) is 0 Å². The average molecular weight is 888 g/mol. The van der Waals surface area contributed by atoms with Gasteiger partial charge in [0.05, 0.1) is 6.33 Å². The highest BCUT2D eigenvalue weighted by Gasteiger charge is 2.66. The molecule has 0 amide bonds. The van der Waals surface area contributed by atoms with Crippen LogP contribution in [0.3, 0.4) is 0 Å². The lowest BCUT2D eigenvalue weighted by Gasteiger charge is -2.45. The van der Waals surface area contributed by atoms with Crippen LogP contribution >= 0.6 is 15.6 Å². The second-order valence-electron chi connectivity index (χ2n) is 13.4. The van der Waals surface area contributed by atoms with Crippen LogP contribution in [0.5, 0.6) is 0 Å². The number of anilines is 1. The maximum atomic E-state index is 16.7. The number of nitrogens with zero attached hydrogens (tertiary/aromatic N) is 4. The molecule has 4 N–H and O–H groups in total. The van der Waals surface area contributed by atoms with Crippen LogP contribution < -0.4 is 5.73 Å². The number of nitrogen functional groups attached to an aromatic ring is 1. The van der Waals surface area contributed by atoms with Crippen molar-refractivity contribution in [2.45, 2.75) is 115 Å². The molecular formula is C30H40FN5O21P2. The van der Waals surface area contributed by atoms with Crippen molar-refractivity contribution >= 4 is 62.5 Å². The summed E-state index contributed by atoms with van der Waals surface area (Å²) < 4.78 is 107. The summed E-state index contributed by atoms with van der Waals surface area (Å²) in [5, 5.41) is 0. The van der Waals surface area contributed by atoms with E-state index in [2.05, 4.69) is 19.3 Å². The van der Waals surface area contributed by atoms with Crippen LogP contribution in [0, 0.1) is 0 Å². The predicted molar refractivity (Wildman–Crippen MR) is 183 cm³/mol. The number of halogens is 1. The maximum Gasteiger partial charge on any atom is 0.483 e. The van der Waals surface area contributed by atoms with E-state index in [0.717, 1.165) is 40.9 Å². The molecule has 59 heavy (non-hydrogen) atoms. The predicted octanol–water partition coefficient (Wildman–Crippen LogP) is 0.389. The summed E-state index contributed by atoms with van der Waals surface area (Å²) in [4.78, 5) is 93.9. The van der Waals surface area contributed by atoms with Crippen molar-refractivity contribution in [2.75, 3.05) is 18.9 Å². The summed E-state index contributed by atoms with van der Waals surface area (Å²) in [5.74, 6) is -9.83. The van der Waals surface area contributed by atoms with Crippen LogP contribution in [0.25, 0.3) is 11.2 Å². The van der Waals surface area contributed by atoms with Crippen molar-refractivity contribution in [1.82, 2.24) is 19.5 Å². The van der Waals surface area contributed by atoms with Gasteiger partial charge in [0.15, 0.2) is 54.0 Å². The molecular weight excluding hydrogens is 847 g/mol. The number of esters is 5. The van der Waals surface area contributed by atoms with Gasteiger partial charge in [0, 0.05) is 34.6 Å². The first-order valence-electron chi connectivity index (χ1n) is 17.1. The van der Waals surface area contributed by atoms with Crippen molar-refractivity contribution in [1.29, 1.82) is 0 Å². The Bertz CT molecular complexity index is 2060. The maximum absolute atomic E-state index is 16.7. The number of phosphoric acid groups is 2. The smallest absolute Gasteiger partial charge is 0.462 e. The molecule has 26 nitrogen and oxygen atoms in total. The van der Waals surface area contributed by atoms with Crippen LogP contribution in [-0.4, -0.2) is 133 Å². The minimum absolute atomic E-state index is 0.0123. The zero-order chi connectivity index (χ0) is 43.8. The fourth-order valence-electron chi connectivity index (χ4n) is 6.32. The second-order valence-corrected chi connectivity index (χ2v) is 16.4. The Morgan fingerprint density at radius 3 is 2.12 bits per heavy atom. The molecule has 0 aliphatic carbocycles. The summed E-state index contributed by atoms with van der Waals surface area (Å²) in [6.45, 7) is 5.09. The molecule has 3 fully saturated rings. The summed E-state index contributed by atoms with van der Waals surface area (Å²) >= 11 is 0. The number of imidazole rings is 1. The third-order valence-electron chi connectivity index (χ3n) is 8.25. The Morgan fingerprint density at radius 1 is 0.881 bits per heavy atom. The number of phosphoric ester groups is 2. The zero-order valence-electron chi connectivity index (χ0n) is 32.1. The van der Waals surface area contributed by atoms with Crippen molar-refractivity contribution < 1.29 is 103 Å². The number of carbonyl (C=O) groups excluding carboxylic acids is 5. The number of rotatable bonds is 15. The largest absolute Gasteiger partial charge is 0.483 e. The second kappa shape index (κ2) is 17.4. The van der Waals surface area contributed by atoms with E-state index in [-0.39, 0.29) is 17.0 Å². The van der Waals surface area contributed by atoms with Gasteiger partial charge in [-0.1, -0.05) is 0 Å². The Hall–Kier alpha value is -4.27. The topological polar surface area (TPSA) is 340 Å². The van der Waals surface area contributed by atoms with E-state index in [4.69, 9.17) is 57.4 Å². The lowest BCUT2D eigenvalue weighted by Crippen LogP contribution is -2.65. The van der Waals surface area contributed by atoms with E-state index >= 15 is 4.39 Å². The standard InChI is InChI=1S/C30H40FN5O21P2/c1-12(37)46-8-17(48-13(2)38)19-20(49-14(3)39)21(50-15(4)40)22(51-16(5)41)28(52-19)56-59(44,45)57-58(42,43)47-9-30(31)24-23(53-29(6,7)54-24)27(55-30)36-11-35-18-25(32)33-10-34-26(18)36/h10-11,17,19-24,27-28H,8-9H2,1-7H3,(H,42,43)(H,44,45)(H2,32,33,34)/t17-,19-,20-,21+,22+,23-,24+,27-,28+,30?/m1/s1. The molecule has 29 heteroatoms. The molecule has 328 valence electrons. The number of nitrogens with two attached hydrogens (primary N) is 1. The number of ether oxygens (including phenoxy) is 9. The van der Waals surface area contributed by atoms with Gasteiger partial charge in [-0.25, -0.2) is 28.5 Å². The first kappa shape index (κ1) is 45.8. The van der Waals surface area contributed by atoms with Crippen LogP contribution in [0.15, 0.2) is 12.7 Å². The van der Waals surface area contributed by atoms with Crippen molar-refractivity contribution in [3.63, 3.8) is 0 Å². The SMILES string of the molecule is CC(=O)OC[C@@H](OC(C)=O)[C@H]1O[C@@H](OP(=O)(O)OP(=O)(O)OCC2(F)O[C@@H](n3cnc4c(N)ncnc43)[C@@H]3OC(C)(C)O[C@@H]32)[C@@H](OC(C)=O)[C@@H](OC(C)=O)[C@@H]1OC(C)=O. The van der Waals surface area contributed by atoms with E-state index in [1.807, 2.05) is 0 Å². The number of hydrogen-bond acceptors (Lipinski definition) is 23. The quantitative estimate of drug-likeness (QED) is 0.124. The number of hydrogen-bond donors (Lipinski definition) is 3. The summed E-state index contributed by atoms with van der Waals surface area (Å²) in [6, 6.07) is 0. The summed E-state index contributed by atoms with van der Waals surface area (Å²) in [7, 11) is -12.0. The van der Waals surface area contributed by atoms with Gasteiger partial charge < -0.3 is 58.2 Å². The molecule has 2 aromatic heterocycles. The molecule has 0 radical (unpaired) electrons. The number of aromatic nitrogens is 4. The first-order valence-corrected chi connectivity index (χ1v) is 20.1. The molecule has 0 aromatic carbocycles. The van der Waals surface area contributed by atoms with Crippen LogP contribution in [0.1, 0.15) is 54.7 Å². The Morgan fingerprint density at radius 2 is 1.51 bits per heavy atom. The van der Waals surface area contributed by atoms with E-state index in [9.17, 15) is 42.9 Å². The molecule has 3 aliphatic rings. The molecule has 5 rings (SSSR count). The van der Waals surface area contributed by atoms with Gasteiger partial charge in [-0.15, -0.1) is 0 Å². The van der Waals surface area contributed by atoms with Crippen molar-refractivity contribution in [2.24, 2.45) is 0 Å². The molecule has 0 saturated carbocycles. The van der Waals surface area contributed by atoms with Gasteiger partial charge in [0.1, 0.15) is 37.3 Å². The Labute approximate surface area is 332 Å². The van der Waals surface area contributed by atoms with E-state index < -0.39 is 126 Å². The first-order chi connectivity index (χ1) is 27.3. The molecule has 3 saturated heterocycles. The third kappa shape index (κ3) is 10.9. The van der Waals surface area contributed by atoms with Gasteiger partial charge in [-0.2, -0.15) is 4.31 Å². The van der Waals surface area contributed by atoms with Crippen LogP contribution in [-0.2, 0) is 89.1 Å². The number of carbonyl (C=O) groups is 5. The van der Waals surface area contributed by atoms with Gasteiger partial charge in [0.2, 0.25) is 6.29 Å². The normalized spacial score (nSPS) is 31.2. The van der Waals surface area contributed by atoms with Gasteiger partial charge in [-0.3, -0.25) is 37.6 Å². The Balaban J connectivity index is 1.40. The molecule has 5 heterocycles. The van der Waals surface area contributed by atoms with E-state index in [0.29, 0.717) is 0 Å². The third-order valence-corrected chi connectivity index (χ3v) is 10.8. The highest BCUT2D eigenvalue weighted by molar-refractivity contribution is 7.61. The highest BCUT2D eigenvalue weighted by atomic mass is 31.3. The highest BCUT2D eigenvalue weighted by Crippen LogP contribution is 2.62. The minimum Gasteiger partial charge on any atom is -0.462 e. The summed E-state index contributed by atoms with van der Waals surface area (Å²) in [6.07, 6.45) is -14.2. The fraction of sp³-hybridized carbons (Fsp3) is 0.667. The molecule has 12 atom stereocenters. The minimum atomic E-state index is -6.05. The molecule has 2 aromatic rings. The summed E-state index contributed by atoms with van der Waals surface area (Å²) in [5.41, 5.74) is 6.09. The lowest BCUT2D eigenvalue weighted by atomic mass is 9.94. The zero-order valence-corrected chi connectivity index (χ0v) is 33.8. The number of alkyl halides is 1. The van der Waals surface area contributed by atoms with E-state index in [1.54, 1.807) is 0 Å². The molecule has 3 unspecified atom stereocenters. The van der Waals surface area contributed by atoms with E-state index in [1.165, 1.54) is 24.7 Å². The molecule has 0 spiro atoms. The van der Waals surface area contributed by atoms with Gasteiger partial charge >= 0.3 is 45.5 Å². The fourth-order valence-corrected chi connectivity index (χ4v) is 8.48. The van der Waals surface area contributed by atoms with Gasteiger partial charge in [-0.05, 0) is 13.8 Å².